The Kier molecular flexibility index (Phi) is 5.62. The largest absolute Gasteiger partial charge is 0.361 e. The zero-order chi connectivity index (χ0) is 20.2. The Morgan fingerprint density at radius 3 is 2.52 bits per heavy atom. The normalized spacial score (nSPS) is 11.9. The summed E-state index contributed by atoms with van der Waals surface area (Å²) in [6.07, 6.45) is 4.15. The second kappa shape index (κ2) is 8.48. The molecule has 0 atom stereocenters. The van der Waals surface area contributed by atoms with Gasteiger partial charge in [-0.2, -0.15) is 0 Å². The molecule has 0 saturated carbocycles. The van der Waals surface area contributed by atoms with Gasteiger partial charge in [0.15, 0.2) is 0 Å². The maximum Gasteiger partial charge on any atom is 0.0456 e. The number of nitrogens with zero attached hydrogens (tertiary/aromatic N) is 1. The summed E-state index contributed by atoms with van der Waals surface area (Å²) in [5, 5.41) is 1.33. The summed E-state index contributed by atoms with van der Waals surface area (Å²) >= 11 is 0. The number of hydrogen-bond acceptors (Lipinski definition) is 1. The Labute approximate surface area is 173 Å². The number of rotatable bonds is 6. The van der Waals surface area contributed by atoms with Crippen LogP contribution in [0.4, 0.5) is 0 Å². The monoisotopic (exact) mass is 380 g/mol. The molecule has 0 aliphatic carbocycles. The lowest BCUT2D eigenvalue weighted by atomic mass is 9.99. The molecule has 2 heteroatoms. The molecule has 2 nitrogen and oxygen atoms in total. The van der Waals surface area contributed by atoms with Gasteiger partial charge >= 0.3 is 0 Å². The summed E-state index contributed by atoms with van der Waals surface area (Å²) in [5.74, 6) is 0. The number of benzene rings is 3. The number of H-pyrrole nitrogens is 1. The number of aryl methyl sites for hydroxylation is 2. The number of fused-ring (bicyclic) bond motifs is 1. The highest BCUT2D eigenvalue weighted by molar-refractivity contribution is 5.99. The molecule has 1 heterocycles. The Bertz CT molecular complexity index is 1150. The van der Waals surface area contributed by atoms with E-state index in [2.05, 4.69) is 98.7 Å². The Morgan fingerprint density at radius 2 is 1.76 bits per heavy atom. The van der Waals surface area contributed by atoms with E-state index in [1.165, 1.54) is 44.3 Å². The predicted octanol–water partition coefficient (Wildman–Crippen LogP) is 6.76. The van der Waals surface area contributed by atoms with Crippen LogP contribution in [0.25, 0.3) is 22.0 Å². The minimum atomic E-state index is 0.800. The smallest absolute Gasteiger partial charge is 0.0456 e. The van der Waals surface area contributed by atoms with E-state index in [0.29, 0.717) is 0 Å². The lowest BCUT2D eigenvalue weighted by molar-refractivity contribution is 0.974. The molecule has 0 fully saturated rings. The zero-order valence-electron chi connectivity index (χ0n) is 17.5. The molecular formula is C27H28N2. The van der Waals surface area contributed by atoms with Gasteiger partial charge in [0.05, 0.1) is 0 Å². The average molecular weight is 381 g/mol. The maximum atomic E-state index is 4.84. The van der Waals surface area contributed by atoms with Crippen molar-refractivity contribution in [3.63, 3.8) is 0 Å². The van der Waals surface area contributed by atoms with Gasteiger partial charge in [0, 0.05) is 29.4 Å². The van der Waals surface area contributed by atoms with Crippen molar-refractivity contribution in [1.29, 1.82) is 0 Å². The molecular weight excluding hydrogens is 352 g/mol. The van der Waals surface area contributed by atoms with Gasteiger partial charge in [-0.15, -0.1) is 0 Å². The summed E-state index contributed by atoms with van der Waals surface area (Å²) in [6.45, 7) is 7.26. The Morgan fingerprint density at radius 1 is 0.966 bits per heavy atom. The highest BCUT2D eigenvalue weighted by Crippen LogP contribution is 2.24. The fraction of sp³-hybridized carbons (Fsp3) is 0.222. The second-order valence-corrected chi connectivity index (χ2v) is 7.66. The van der Waals surface area contributed by atoms with E-state index in [-0.39, 0.29) is 0 Å². The van der Waals surface area contributed by atoms with Crippen LogP contribution in [0.15, 0.2) is 77.9 Å². The Balaban J connectivity index is 1.46. The molecule has 0 radical (unpaired) electrons. The number of aromatic nitrogens is 1. The summed E-state index contributed by atoms with van der Waals surface area (Å²) in [6, 6.07) is 24.0. The van der Waals surface area contributed by atoms with Crippen molar-refractivity contribution >= 4 is 16.6 Å². The van der Waals surface area contributed by atoms with Crippen molar-refractivity contribution in [2.24, 2.45) is 4.99 Å². The minimum Gasteiger partial charge on any atom is -0.361 e. The van der Waals surface area contributed by atoms with Crippen LogP contribution in [0.2, 0.25) is 0 Å². The van der Waals surface area contributed by atoms with E-state index >= 15 is 0 Å². The summed E-state index contributed by atoms with van der Waals surface area (Å²) in [4.78, 5) is 8.23. The molecule has 0 saturated heterocycles. The van der Waals surface area contributed by atoms with Gasteiger partial charge < -0.3 is 4.98 Å². The third kappa shape index (κ3) is 4.17. The van der Waals surface area contributed by atoms with Gasteiger partial charge in [0.2, 0.25) is 0 Å². The van der Waals surface area contributed by atoms with Crippen molar-refractivity contribution < 1.29 is 0 Å². The molecule has 0 aliphatic rings. The average Bonchev–Trinajstić information content (AvgIpc) is 3.16. The minimum absolute atomic E-state index is 0.800. The summed E-state index contributed by atoms with van der Waals surface area (Å²) in [7, 11) is 0. The molecule has 0 unspecified atom stereocenters. The third-order valence-corrected chi connectivity index (χ3v) is 5.73. The van der Waals surface area contributed by atoms with Gasteiger partial charge in [-0.1, -0.05) is 61.5 Å². The van der Waals surface area contributed by atoms with Crippen LogP contribution in [-0.4, -0.2) is 17.2 Å². The quantitative estimate of drug-likeness (QED) is 0.358. The molecule has 0 amide bonds. The van der Waals surface area contributed by atoms with Gasteiger partial charge in [-0.05, 0) is 72.2 Å². The van der Waals surface area contributed by atoms with Crippen LogP contribution < -0.4 is 0 Å². The highest BCUT2D eigenvalue weighted by atomic mass is 14.7. The number of nitrogens with one attached hydrogen (secondary N) is 1. The van der Waals surface area contributed by atoms with Crippen molar-refractivity contribution in [3.8, 4) is 11.1 Å². The second-order valence-electron chi connectivity index (χ2n) is 7.66. The standard InChI is InChI=1S/C27H28N2/c1-4-21-9-14-27-26(17-21)24(18-29-27)15-16-28-20(3)22-10-12-23(13-11-22)25-8-6-5-7-19(25)2/h5-14,17-18,29H,4,15-16H2,1-3H3. The fourth-order valence-corrected chi connectivity index (χ4v) is 3.88. The number of aromatic amines is 1. The molecule has 4 aromatic rings. The van der Waals surface area contributed by atoms with Gasteiger partial charge in [0.1, 0.15) is 0 Å². The predicted molar refractivity (Wildman–Crippen MR) is 125 cm³/mol. The fourth-order valence-electron chi connectivity index (χ4n) is 3.88. The van der Waals surface area contributed by atoms with E-state index in [0.717, 1.165) is 25.1 Å². The zero-order valence-corrected chi connectivity index (χ0v) is 17.5. The van der Waals surface area contributed by atoms with E-state index < -0.39 is 0 Å². The molecule has 4 rings (SSSR count). The molecule has 3 aromatic carbocycles. The number of aliphatic imine (C=N–C) groups is 1. The van der Waals surface area contributed by atoms with E-state index in [4.69, 9.17) is 4.99 Å². The van der Waals surface area contributed by atoms with E-state index in [1.54, 1.807) is 0 Å². The first kappa shape index (κ1) is 19.2. The molecule has 0 aliphatic heterocycles. The molecule has 29 heavy (non-hydrogen) atoms. The van der Waals surface area contributed by atoms with Crippen LogP contribution in [-0.2, 0) is 12.8 Å². The Hall–Kier alpha value is -3.13. The molecule has 0 spiro atoms. The van der Waals surface area contributed by atoms with Gasteiger partial charge in [-0.25, -0.2) is 0 Å². The van der Waals surface area contributed by atoms with E-state index in [9.17, 15) is 0 Å². The van der Waals surface area contributed by atoms with Crippen LogP contribution in [0, 0.1) is 6.92 Å². The molecule has 146 valence electrons. The molecule has 0 bridgehead atoms. The first-order chi connectivity index (χ1) is 14.2. The van der Waals surface area contributed by atoms with Crippen molar-refractivity contribution in [2.75, 3.05) is 6.54 Å². The first-order valence-corrected chi connectivity index (χ1v) is 10.4. The topological polar surface area (TPSA) is 28.1 Å². The van der Waals surface area contributed by atoms with Crippen LogP contribution in [0.1, 0.15) is 36.1 Å². The lowest BCUT2D eigenvalue weighted by Gasteiger charge is -2.07. The van der Waals surface area contributed by atoms with Crippen molar-refractivity contribution in [2.45, 2.75) is 33.6 Å². The van der Waals surface area contributed by atoms with Crippen LogP contribution in [0.3, 0.4) is 0 Å². The van der Waals surface area contributed by atoms with Crippen LogP contribution in [0.5, 0.6) is 0 Å². The van der Waals surface area contributed by atoms with Gasteiger partial charge in [-0.3, -0.25) is 4.99 Å². The highest BCUT2D eigenvalue weighted by Gasteiger charge is 2.05. The third-order valence-electron chi connectivity index (χ3n) is 5.73. The molecule has 1 aromatic heterocycles. The van der Waals surface area contributed by atoms with Gasteiger partial charge in [0.25, 0.3) is 0 Å². The van der Waals surface area contributed by atoms with E-state index in [1.807, 2.05) is 0 Å². The first-order valence-electron chi connectivity index (χ1n) is 10.4. The summed E-state index contributed by atoms with van der Waals surface area (Å²) in [5.41, 5.74) is 10.1. The van der Waals surface area contributed by atoms with Crippen LogP contribution >= 0.6 is 0 Å². The SMILES string of the molecule is CCc1ccc2[nH]cc(CCN=C(C)c3ccc(-c4ccccc4C)cc3)c2c1. The number of hydrogen-bond donors (Lipinski definition) is 1. The van der Waals surface area contributed by atoms with Crippen molar-refractivity contribution in [1.82, 2.24) is 4.98 Å². The summed E-state index contributed by atoms with van der Waals surface area (Å²) < 4.78 is 0. The van der Waals surface area contributed by atoms with Crippen molar-refractivity contribution in [3.05, 3.63) is 95.2 Å². The molecule has 1 N–H and O–H groups in total. The lowest BCUT2D eigenvalue weighted by Crippen LogP contribution is -1.98. The maximum absolute atomic E-state index is 4.84.